The average molecular weight is 404 g/mol. The summed E-state index contributed by atoms with van der Waals surface area (Å²) in [6.07, 6.45) is 1.00. The molecule has 1 aromatic carbocycles. The zero-order valence-electron chi connectivity index (χ0n) is 15.4. The van der Waals surface area contributed by atoms with Gasteiger partial charge in [-0.25, -0.2) is 18.2 Å². The van der Waals surface area contributed by atoms with Crippen LogP contribution in [0.25, 0.3) is 10.9 Å². The summed E-state index contributed by atoms with van der Waals surface area (Å²) in [4.78, 5) is 16.4. The van der Waals surface area contributed by atoms with Crippen molar-refractivity contribution in [3.05, 3.63) is 64.9 Å². The average Bonchev–Trinajstić information content (AvgIpc) is 3.02. The Hall–Kier alpha value is -2.91. The highest BCUT2D eigenvalue weighted by Gasteiger charge is 2.27. The number of benzene rings is 1. The van der Waals surface area contributed by atoms with E-state index in [1.54, 1.807) is 18.3 Å². The van der Waals surface area contributed by atoms with Gasteiger partial charge in [0.15, 0.2) is 0 Å². The first-order chi connectivity index (χ1) is 13.9. The first kappa shape index (κ1) is 19.4. The molecule has 29 heavy (non-hydrogen) atoms. The maximum Gasteiger partial charge on any atom is 0.250 e. The van der Waals surface area contributed by atoms with Crippen LogP contribution in [0, 0.1) is 5.82 Å². The Kier molecular flexibility index (Phi) is 5.25. The predicted molar refractivity (Wildman–Crippen MR) is 99.0 cm³/mol. The fraction of sp³-hybridized carbons (Fsp3) is 0.300. The van der Waals surface area contributed by atoms with Crippen LogP contribution in [-0.4, -0.2) is 38.7 Å². The minimum Gasteiger partial charge on any atom is -0.341 e. The molecule has 3 heterocycles. The summed E-state index contributed by atoms with van der Waals surface area (Å²) in [5.41, 5.74) is 3.66. The third-order valence-electron chi connectivity index (χ3n) is 4.99. The van der Waals surface area contributed by atoms with E-state index in [0.717, 1.165) is 22.0 Å². The quantitative estimate of drug-likeness (QED) is 0.620. The number of halogens is 3. The van der Waals surface area contributed by atoms with Gasteiger partial charge in [0.1, 0.15) is 5.82 Å². The fourth-order valence-corrected chi connectivity index (χ4v) is 3.65. The van der Waals surface area contributed by atoms with Crippen molar-refractivity contribution in [1.82, 2.24) is 19.9 Å². The van der Waals surface area contributed by atoms with E-state index in [1.165, 1.54) is 12.1 Å². The highest BCUT2D eigenvalue weighted by atomic mass is 19.3. The SMILES string of the molecule is O=C1Cc2c(ncc3c2c(CNCC(F)F)cn3Cc2ccc(F)cc2)CN1O. The number of alkyl halides is 2. The molecule has 9 heteroatoms. The van der Waals surface area contributed by atoms with Crippen molar-refractivity contribution in [2.24, 2.45) is 0 Å². The van der Waals surface area contributed by atoms with Crippen molar-refractivity contribution in [2.75, 3.05) is 6.54 Å². The largest absolute Gasteiger partial charge is 0.341 e. The van der Waals surface area contributed by atoms with E-state index in [4.69, 9.17) is 0 Å². The Balaban J connectivity index is 1.77. The molecule has 2 aromatic heterocycles. The Morgan fingerprint density at radius 1 is 1.24 bits per heavy atom. The minimum absolute atomic E-state index is 0.0153. The smallest absolute Gasteiger partial charge is 0.250 e. The Labute approximate surface area is 164 Å². The molecule has 1 aliphatic rings. The Morgan fingerprint density at radius 2 is 2.00 bits per heavy atom. The lowest BCUT2D eigenvalue weighted by atomic mass is 9.99. The molecule has 4 rings (SSSR count). The third-order valence-corrected chi connectivity index (χ3v) is 4.99. The summed E-state index contributed by atoms with van der Waals surface area (Å²) in [7, 11) is 0. The van der Waals surface area contributed by atoms with Gasteiger partial charge in [0.25, 0.3) is 12.3 Å². The molecule has 2 N–H and O–H groups in total. The van der Waals surface area contributed by atoms with E-state index in [-0.39, 0.29) is 25.3 Å². The van der Waals surface area contributed by atoms with Crippen molar-refractivity contribution in [2.45, 2.75) is 32.5 Å². The van der Waals surface area contributed by atoms with Crippen LogP contribution < -0.4 is 5.32 Å². The van der Waals surface area contributed by atoms with Gasteiger partial charge < -0.3 is 9.88 Å². The number of carbonyl (C=O) groups is 1. The van der Waals surface area contributed by atoms with Crippen LogP contribution >= 0.6 is 0 Å². The normalized spacial score (nSPS) is 14.1. The highest BCUT2D eigenvalue weighted by Crippen LogP contribution is 2.30. The lowest BCUT2D eigenvalue weighted by Gasteiger charge is -2.23. The molecule has 0 aliphatic carbocycles. The number of amides is 1. The first-order valence-electron chi connectivity index (χ1n) is 9.13. The molecule has 1 amide bonds. The maximum absolute atomic E-state index is 13.2. The standard InChI is InChI=1S/C20H19F3N4O2/c21-14-3-1-12(2-4-14)9-26-10-13(6-24-8-18(22)23)20-15-5-19(28)27(29)11-16(15)25-7-17(20)26/h1-4,7,10,18,24,29H,5-6,8-9,11H2. The Bertz CT molecular complexity index is 1050. The van der Waals surface area contributed by atoms with Gasteiger partial charge in [0.2, 0.25) is 0 Å². The molecule has 0 unspecified atom stereocenters. The number of hydrogen-bond donors (Lipinski definition) is 2. The van der Waals surface area contributed by atoms with Crippen LogP contribution in [0.5, 0.6) is 0 Å². The van der Waals surface area contributed by atoms with Gasteiger partial charge in [-0.05, 0) is 28.8 Å². The number of pyridine rings is 1. The van der Waals surface area contributed by atoms with E-state index in [9.17, 15) is 23.2 Å². The van der Waals surface area contributed by atoms with Crippen LogP contribution in [0.4, 0.5) is 13.2 Å². The fourth-order valence-electron chi connectivity index (χ4n) is 3.65. The van der Waals surface area contributed by atoms with Crippen molar-refractivity contribution in [1.29, 1.82) is 0 Å². The van der Waals surface area contributed by atoms with Crippen molar-refractivity contribution >= 4 is 16.8 Å². The van der Waals surface area contributed by atoms with Crippen LogP contribution in [0.1, 0.15) is 22.4 Å². The second-order valence-electron chi connectivity index (χ2n) is 7.00. The number of fused-ring (bicyclic) bond motifs is 3. The zero-order chi connectivity index (χ0) is 20.5. The molecule has 0 atom stereocenters. The lowest BCUT2D eigenvalue weighted by Crippen LogP contribution is -2.34. The number of aromatic nitrogens is 2. The number of hydroxylamine groups is 2. The predicted octanol–water partition coefficient (Wildman–Crippen LogP) is 2.85. The molecule has 0 fully saturated rings. The number of nitrogens with zero attached hydrogens (tertiary/aromatic N) is 3. The van der Waals surface area contributed by atoms with E-state index in [1.807, 2.05) is 10.8 Å². The summed E-state index contributed by atoms with van der Waals surface area (Å²) in [5, 5.41) is 13.8. The molecular formula is C20H19F3N4O2. The van der Waals surface area contributed by atoms with E-state index in [0.29, 0.717) is 22.9 Å². The molecule has 1 aliphatic heterocycles. The summed E-state index contributed by atoms with van der Waals surface area (Å²) in [6.45, 7) is 0.176. The summed E-state index contributed by atoms with van der Waals surface area (Å²) in [6, 6.07) is 6.10. The molecule has 0 saturated carbocycles. The number of nitrogens with one attached hydrogen (secondary N) is 1. The van der Waals surface area contributed by atoms with Gasteiger partial charge >= 0.3 is 0 Å². The van der Waals surface area contributed by atoms with Gasteiger partial charge in [-0.15, -0.1) is 0 Å². The molecule has 0 radical (unpaired) electrons. The molecule has 0 saturated heterocycles. The van der Waals surface area contributed by atoms with Gasteiger partial charge in [-0.3, -0.25) is 15.0 Å². The number of rotatable bonds is 6. The second kappa shape index (κ2) is 7.84. The summed E-state index contributed by atoms with van der Waals surface area (Å²) >= 11 is 0. The molecular weight excluding hydrogens is 385 g/mol. The Morgan fingerprint density at radius 3 is 2.72 bits per heavy atom. The van der Waals surface area contributed by atoms with Crippen LogP contribution in [0.2, 0.25) is 0 Å². The topological polar surface area (TPSA) is 70.4 Å². The van der Waals surface area contributed by atoms with Crippen LogP contribution in [0.3, 0.4) is 0 Å². The highest BCUT2D eigenvalue weighted by molar-refractivity contribution is 5.92. The molecule has 152 valence electrons. The first-order valence-corrected chi connectivity index (χ1v) is 9.13. The van der Waals surface area contributed by atoms with Crippen LogP contribution in [-0.2, 0) is 30.8 Å². The van der Waals surface area contributed by atoms with Gasteiger partial charge in [-0.1, -0.05) is 12.1 Å². The maximum atomic E-state index is 13.2. The number of carbonyl (C=O) groups excluding carboxylic acids is 1. The molecule has 0 bridgehead atoms. The molecule has 3 aromatic rings. The summed E-state index contributed by atoms with van der Waals surface area (Å²) < 4.78 is 40.2. The van der Waals surface area contributed by atoms with Crippen molar-refractivity contribution in [3.63, 3.8) is 0 Å². The monoisotopic (exact) mass is 404 g/mol. The van der Waals surface area contributed by atoms with Crippen molar-refractivity contribution in [3.8, 4) is 0 Å². The van der Waals surface area contributed by atoms with Gasteiger partial charge in [0.05, 0.1) is 36.9 Å². The van der Waals surface area contributed by atoms with Crippen LogP contribution in [0.15, 0.2) is 36.7 Å². The van der Waals surface area contributed by atoms with E-state index in [2.05, 4.69) is 10.3 Å². The molecule has 0 spiro atoms. The van der Waals surface area contributed by atoms with E-state index < -0.39 is 18.9 Å². The second-order valence-corrected chi connectivity index (χ2v) is 7.00. The molecule has 6 nitrogen and oxygen atoms in total. The minimum atomic E-state index is -2.47. The summed E-state index contributed by atoms with van der Waals surface area (Å²) in [5.74, 6) is -0.768. The third kappa shape index (κ3) is 3.96. The number of hydrogen-bond acceptors (Lipinski definition) is 4. The zero-order valence-corrected chi connectivity index (χ0v) is 15.4. The lowest BCUT2D eigenvalue weighted by molar-refractivity contribution is -0.169. The van der Waals surface area contributed by atoms with E-state index >= 15 is 0 Å². The van der Waals surface area contributed by atoms with Crippen molar-refractivity contribution < 1.29 is 23.2 Å². The van der Waals surface area contributed by atoms with Gasteiger partial charge in [-0.2, -0.15) is 0 Å². The van der Waals surface area contributed by atoms with Gasteiger partial charge in [0, 0.05) is 24.7 Å².